The highest BCUT2D eigenvalue weighted by Crippen LogP contribution is 2.46. The molecule has 1 aromatic carbocycles. The number of nitrogens with zero attached hydrogens (tertiary/aromatic N) is 1. The molecule has 0 amide bonds. The van der Waals surface area contributed by atoms with Crippen LogP contribution in [-0.4, -0.2) is 59.2 Å². The summed E-state index contributed by atoms with van der Waals surface area (Å²) in [5.41, 5.74) is -0.182. The number of rotatable bonds is 10. The van der Waals surface area contributed by atoms with Crippen LogP contribution < -0.4 is 20.1 Å². The van der Waals surface area contributed by atoms with Crippen LogP contribution in [0.3, 0.4) is 0 Å². The number of guanidine groups is 1. The van der Waals surface area contributed by atoms with Gasteiger partial charge in [-0.25, -0.2) is 8.42 Å². The molecule has 0 bridgehead atoms. The van der Waals surface area contributed by atoms with Gasteiger partial charge < -0.3 is 20.1 Å². The minimum absolute atomic E-state index is 0. The van der Waals surface area contributed by atoms with Gasteiger partial charge in [0, 0.05) is 30.8 Å². The normalized spacial score (nSPS) is 16.5. The first-order valence-corrected chi connectivity index (χ1v) is 11.3. The van der Waals surface area contributed by atoms with Crippen molar-refractivity contribution in [2.24, 2.45) is 10.4 Å². The van der Waals surface area contributed by atoms with Gasteiger partial charge in [-0.3, -0.25) is 4.99 Å². The van der Waals surface area contributed by atoms with Crippen LogP contribution in [0.4, 0.5) is 0 Å². The summed E-state index contributed by atoms with van der Waals surface area (Å²) in [6, 6.07) is 7.49. The number of benzene rings is 1. The van der Waals surface area contributed by atoms with E-state index in [-0.39, 0.29) is 41.2 Å². The quantitative estimate of drug-likeness (QED) is 0.277. The van der Waals surface area contributed by atoms with Crippen molar-refractivity contribution < 1.29 is 17.9 Å². The molecule has 1 atom stereocenters. The van der Waals surface area contributed by atoms with Crippen LogP contribution in [0.1, 0.15) is 26.7 Å². The standard InChI is InChI=1S/C19H31N3O4S.HI/c1-5-20-18(22-13-19(9-10-19)14-27(4,23)24)21-12-15(2)26-17-8-6-7-16(11-17)25-3;/h6-8,11,15H,5,9-10,12-14H2,1-4H3,(H2,20,21,22);1H. The molecular weight excluding hydrogens is 493 g/mol. The lowest BCUT2D eigenvalue weighted by Crippen LogP contribution is -2.42. The van der Waals surface area contributed by atoms with Crippen molar-refractivity contribution in [3.8, 4) is 11.5 Å². The van der Waals surface area contributed by atoms with Gasteiger partial charge in [0.25, 0.3) is 0 Å². The zero-order chi connectivity index (χ0) is 19.9. The topological polar surface area (TPSA) is 89.0 Å². The fourth-order valence-corrected chi connectivity index (χ4v) is 4.35. The van der Waals surface area contributed by atoms with E-state index in [1.165, 1.54) is 6.26 Å². The van der Waals surface area contributed by atoms with Gasteiger partial charge in [0.2, 0.25) is 0 Å². The number of ether oxygens (including phenoxy) is 2. The van der Waals surface area contributed by atoms with Crippen molar-refractivity contribution in [2.45, 2.75) is 32.8 Å². The molecule has 0 radical (unpaired) electrons. The smallest absolute Gasteiger partial charge is 0.191 e. The third-order valence-corrected chi connectivity index (χ3v) is 5.51. The van der Waals surface area contributed by atoms with Gasteiger partial charge in [-0.05, 0) is 38.8 Å². The number of methoxy groups -OCH3 is 1. The van der Waals surface area contributed by atoms with E-state index in [4.69, 9.17) is 9.47 Å². The Labute approximate surface area is 185 Å². The van der Waals surface area contributed by atoms with Crippen LogP contribution in [0, 0.1) is 5.41 Å². The average molecular weight is 525 g/mol. The summed E-state index contributed by atoms with van der Waals surface area (Å²) in [6.07, 6.45) is 3.04. The second kappa shape index (κ2) is 11.1. The van der Waals surface area contributed by atoms with Gasteiger partial charge in [-0.1, -0.05) is 6.07 Å². The molecule has 0 aromatic heterocycles. The fourth-order valence-electron chi connectivity index (χ4n) is 2.86. The highest BCUT2D eigenvalue weighted by molar-refractivity contribution is 14.0. The van der Waals surface area contributed by atoms with Crippen molar-refractivity contribution in [1.29, 1.82) is 0 Å². The zero-order valence-electron chi connectivity index (χ0n) is 17.0. The van der Waals surface area contributed by atoms with Crippen LogP contribution in [0.15, 0.2) is 29.3 Å². The second-order valence-corrected chi connectivity index (χ2v) is 9.39. The molecule has 28 heavy (non-hydrogen) atoms. The summed E-state index contributed by atoms with van der Waals surface area (Å²) in [6.45, 7) is 5.79. The Balaban J connectivity index is 0.00000392. The molecule has 1 fully saturated rings. The summed E-state index contributed by atoms with van der Waals surface area (Å²) >= 11 is 0. The van der Waals surface area contributed by atoms with Gasteiger partial charge in [-0.15, -0.1) is 24.0 Å². The lowest BCUT2D eigenvalue weighted by atomic mass is 10.1. The molecule has 0 saturated heterocycles. The van der Waals surface area contributed by atoms with Crippen molar-refractivity contribution in [3.05, 3.63) is 24.3 Å². The van der Waals surface area contributed by atoms with Crippen LogP contribution in [0.25, 0.3) is 0 Å². The largest absolute Gasteiger partial charge is 0.497 e. The molecule has 9 heteroatoms. The molecule has 1 unspecified atom stereocenters. The van der Waals surface area contributed by atoms with Crippen LogP contribution in [0.2, 0.25) is 0 Å². The van der Waals surface area contributed by atoms with Crippen molar-refractivity contribution in [3.63, 3.8) is 0 Å². The minimum atomic E-state index is -2.99. The lowest BCUT2D eigenvalue weighted by molar-refractivity contribution is 0.223. The molecule has 7 nitrogen and oxygen atoms in total. The molecule has 1 aromatic rings. The first-order chi connectivity index (χ1) is 12.8. The third-order valence-electron chi connectivity index (χ3n) is 4.38. The molecule has 0 spiro atoms. The van der Waals surface area contributed by atoms with E-state index < -0.39 is 9.84 Å². The molecular formula is C19H32IN3O4S. The maximum absolute atomic E-state index is 11.6. The highest BCUT2D eigenvalue weighted by Gasteiger charge is 2.45. The van der Waals surface area contributed by atoms with E-state index in [0.717, 1.165) is 30.9 Å². The van der Waals surface area contributed by atoms with E-state index >= 15 is 0 Å². The summed E-state index contributed by atoms with van der Waals surface area (Å²) in [5.74, 6) is 2.38. The number of hydrogen-bond acceptors (Lipinski definition) is 5. The number of nitrogens with one attached hydrogen (secondary N) is 2. The Hall–Kier alpha value is -1.23. The SMILES string of the molecule is CCNC(=NCC1(CS(C)(=O)=O)CC1)NCC(C)Oc1cccc(OC)c1.I. The molecule has 1 saturated carbocycles. The summed E-state index contributed by atoms with van der Waals surface area (Å²) < 4.78 is 34.3. The Morgan fingerprint density at radius 2 is 1.96 bits per heavy atom. The molecule has 2 N–H and O–H groups in total. The molecule has 0 heterocycles. The van der Waals surface area contributed by atoms with Gasteiger partial charge in [0.1, 0.15) is 27.4 Å². The van der Waals surface area contributed by atoms with Gasteiger partial charge in [-0.2, -0.15) is 0 Å². The highest BCUT2D eigenvalue weighted by atomic mass is 127. The maximum atomic E-state index is 11.6. The van der Waals surface area contributed by atoms with E-state index in [1.54, 1.807) is 7.11 Å². The first kappa shape index (κ1) is 24.8. The number of hydrogen-bond donors (Lipinski definition) is 2. The fraction of sp³-hybridized carbons (Fsp3) is 0.632. The van der Waals surface area contributed by atoms with E-state index in [1.807, 2.05) is 38.1 Å². The third kappa shape index (κ3) is 8.85. The molecule has 160 valence electrons. The molecule has 2 rings (SSSR count). The van der Waals surface area contributed by atoms with E-state index in [0.29, 0.717) is 19.0 Å². The van der Waals surface area contributed by atoms with Gasteiger partial charge in [0.05, 0.1) is 19.4 Å². The van der Waals surface area contributed by atoms with Gasteiger partial charge in [0.15, 0.2) is 5.96 Å². The van der Waals surface area contributed by atoms with Crippen LogP contribution in [0.5, 0.6) is 11.5 Å². The number of halogens is 1. The first-order valence-electron chi connectivity index (χ1n) is 9.26. The summed E-state index contributed by atoms with van der Waals surface area (Å²) in [5, 5.41) is 6.46. The zero-order valence-corrected chi connectivity index (χ0v) is 20.2. The number of sulfone groups is 1. The maximum Gasteiger partial charge on any atom is 0.191 e. The Morgan fingerprint density at radius 1 is 1.29 bits per heavy atom. The van der Waals surface area contributed by atoms with Crippen LogP contribution in [-0.2, 0) is 9.84 Å². The van der Waals surface area contributed by atoms with E-state index in [9.17, 15) is 8.42 Å². The monoisotopic (exact) mass is 525 g/mol. The summed E-state index contributed by atoms with van der Waals surface area (Å²) in [7, 11) is -1.36. The molecule has 0 aliphatic heterocycles. The van der Waals surface area contributed by atoms with Crippen molar-refractivity contribution >= 4 is 39.8 Å². The minimum Gasteiger partial charge on any atom is -0.497 e. The molecule has 1 aliphatic rings. The van der Waals surface area contributed by atoms with E-state index in [2.05, 4.69) is 15.6 Å². The average Bonchev–Trinajstić information content (AvgIpc) is 3.35. The van der Waals surface area contributed by atoms with Crippen LogP contribution >= 0.6 is 24.0 Å². The molecule has 1 aliphatic carbocycles. The predicted molar refractivity (Wildman–Crippen MR) is 124 cm³/mol. The Bertz CT molecular complexity index is 751. The Morgan fingerprint density at radius 3 is 2.54 bits per heavy atom. The van der Waals surface area contributed by atoms with Crippen molar-refractivity contribution in [1.82, 2.24) is 10.6 Å². The lowest BCUT2D eigenvalue weighted by Gasteiger charge is -2.19. The number of aliphatic imine (C=N–C) groups is 1. The Kier molecular flexibility index (Phi) is 9.82. The predicted octanol–water partition coefficient (Wildman–Crippen LogP) is 2.46. The van der Waals surface area contributed by atoms with Crippen molar-refractivity contribution in [2.75, 3.05) is 38.8 Å². The van der Waals surface area contributed by atoms with Gasteiger partial charge >= 0.3 is 0 Å². The second-order valence-electron chi connectivity index (χ2n) is 7.25. The summed E-state index contributed by atoms with van der Waals surface area (Å²) in [4.78, 5) is 4.59.